The Bertz CT molecular complexity index is 1550. The molecule has 0 spiro atoms. The molecule has 4 aromatic rings. The number of nitrogens with zero attached hydrogens (tertiary/aromatic N) is 1. The summed E-state index contributed by atoms with van der Waals surface area (Å²) in [6, 6.07) is 20.7. The Kier molecular flexibility index (Phi) is 10.9. The van der Waals surface area contributed by atoms with Crippen molar-refractivity contribution in [3.05, 3.63) is 94.0 Å². The Morgan fingerprint density at radius 1 is 0.690 bits per heavy atom. The van der Waals surface area contributed by atoms with Gasteiger partial charge >= 0.3 is 0 Å². The number of hydrogen-bond donors (Lipinski definition) is 2. The van der Waals surface area contributed by atoms with E-state index in [0.717, 1.165) is 67.9 Å². The molecule has 0 saturated carbocycles. The van der Waals surface area contributed by atoms with Gasteiger partial charge in [0.1, 0.15) is 11.5 Å². The van der Waals surface area contributed by atoms with Crippen LogP contribution in [0.2, 0.25) is 0 Å². The first-order valence-corrected chi connectivity index (χ1v) is 14.4. The standard InChI is InChI=1S/C37H45NO3.Hf/c1-23-17-26(4)34(27(5)18-23)30-20-24(2)19-29(35(30)39)28-13-10-11-14-32(28)38(15-12-16-41-9)33-22-25(3)21-31(36(33)40)37(6,7)8;/h10-11,13-14,17-22,39-40H,12,15-16H2,1-9H3;. The molecule has 0 saturated heterocycles. The molecule has 0 atom stereocenters. The number of hydrogen-bond acceptors (Lipinski definition) is 4. The Labute approximate surface area is 271 Å². The Hall–Kier alpha value is -2.89. The van der Waals surface area contributed by atoms with Crippen LogP contribution >= 0.6 is 0 Å². The van der Waals surface area contributed by atoms with Crippen LogP contribution in [-0.4, -0.2) is 30.5 Å². The number of methoxy groups -OCH3 is 1. The van der Waals surface area contributed by atoms with Crippen LogP contribution in [0.3, 0.4) is 0 Å². The summed E-state index contributed by atoms with van der Waals surface area (Å²) in [7, 11) is 1.71. The van der Waals surface area contributed by atoms with Gasteiger partial charge < -0.3 is 19.8 Å². The van der Waals surface area contributed by atoms with Gasteiger partial charge in [0.05, 0.1) is 5.69 Å². The molecule has 2 N–H and O–H groups in total. The molecule has 0 aliphatic heterocycles. The van der Waals surface area contributed by atoms with Gasteiger partial charge in [0.15, 0.2) is 0 Å². The van der Waals surface area contributed by atoms with E-state index >= 15 is 0 Å². The normalized spacial score (nSPS) is 11.4. The van der Waals surface area contributed by atoms with Crippen LogP contribution in [-0.2, 0) is 36.0 Å². The van der Waals surface area contributed by atoms with E-state index < -0.39 is 0 Å². The Balaban J connectivity index is 0.00000484. The average Bonchev–Trinajstić information content (AvgIpc) is 2.89. The Morgan fingerprint density at radius 3 is 1.88 bits per heavy atom. The van der Waals surface area contributed by atoms with Gasteiger partial charge in [0.25, 0.3) is 0 Å². The number of ether oxygens (including phenoxy) is 1. The van der Waals surface area contributed by atoms with Crippen molar-refractivity contribution in [1.29, 1.82) is 0 Å². The number of aryl methyl sites for hydroxylation is 5. The van der Waals surface area contributed by atoms with Gasteiger partial charge in [-0.05, 0) is 98.5 Å². The van der Waals surface area contributed by atoms with Gasteiger partial charge in [0, 0.05) is 74.0 Å². The third-order valence-corrected chi connectivity index (χ3v) is 7.75. The second kappa shape index (κ2) is 13.6. The first-order chi connectivity index (χ1) is 19.3. The fourth-order valence-corrected chi connectivity index (χ4v) is 5.99. The van der Waals surface area contributed by atoms with E-state index in [0.29, 0.717) is 13.2 Å². The van der Waals surface area contributed by atoms with Crippen molar-refractivity contribution in [2.45, 2.75) is 67.2 Å². The molecule has 0 heterocycles. The van der Waals surface area contributed by atoms with Crippen LogP contribution in [0.4, 0.5) is 11.4 Å². The van der Waals surface area contributed by atoms with Crippen molar-refractivity contribution in [2.24, 2.45) is 0 Å². The van der Waals surface area contributed by atoms with Gasteiger partial charge in [0.2, 0.25) is 0 Å². The topological polar surface area (TPSA) is 52.9 Å². The fourth-order valence-electron chi connectivity index (χ4n) is 5.99. The number of phenols is 2. The minimum atomic E-state index is -0.226. The van der Waals surface area contributed by atoms with Gasteiger partial charge in [-0.3, -0.25) is 0 Å². The van der Waals surface area contributed by atoms with Crippen molar-refractivity contribution in [2.75, 3.05) is 25.2 Å². The summed E-state index contributed by atoms with van der Waals surface area (Å²) in [5.74, 6) is 0.550. The number of phenolic OH excluding ortho intramolecular Hbond substituents is 2. The molecule has 0 fully saturated rings. The van der Waals surface area contributed by atoms with E-state index in [-0.39, 0.29) is 42.8 Å². The maximum atomic E-state index is 11.9. The molecule has 0 bridgehead atoms. The van der Waals surface area contributed by atoms with E-state index in [9.17, 15) is 10.2 Å². The summed E-state index contributed by atoms with van der Waals surface area (Å²) >= 11 is 0. The second-order valence-electron chi connectivity index (χ2n) is 12.4. The molecule has 0 unspecified atom stereocenters. The van der Waals surface area contributed by atoms with Crippen LogP contribution in [0.15, 0.2) is 60.7 Å². The van der Waals surface area contributed by atoms with Gasteiger partial charge in [-0.1, -0.05) is 62.7 Å². The van der Waals surface area contributed by atoms with Crippen LogP contribution in [0, 0.1) is 34.6 Å². The van der Waals surface area contributed by atoms with Crippen LogP contribution in [0.1, 0.15) is 60.6 Å². The predicted molar refractivity (Wildman–Crippen MR) is 173 cm³/mol. The second-order valence-corrected chi connectivity index (χ2v) is 12.4. The maximum absolute atomic E-state index is 11.9. The van der Waals surface area contributed by atoms with E-state index in [2.05, 4.69) is 109 Å². The van der Waals surface area contributed by atoms with Crippen molar-refractivity contribution in [3.8, 4) is 33.8 Å². The van der Waals surface area contributed by atoms with Crippen molar-refractivity contribution < 1.29 is 40.8 Å². The molecule has 0 radical (unpaired) electrons. The molecule has 42 heavy (non-hydrogen) atoms. The van der Waals surface area contributed by atoms with Crippen molar-refractivity contribution in [1.82, 2.24) is 0 Å². The number of anilines is 2. The zero-order chi connectivity index (χ0) is 30.1. The molecular weight excluding hydrogens is 685 g/mol. The summed E-state index contributed by atoms with van der Waals surface area (Å²) in [6.45, 7) is 18.1. The van der Waals surface area contributed by atoms with E-state index in [4.69, 9.17) is 4.74 Å². The summed E-state index contributed by atoms with van der Waals surface area (Å²) < 4.78 is 5.41. The van der Waals surface area contributed by atoms with Crippen LogP contribution in [0.25, 0.3) is 22.3 Å². The molecule has 0 aromatic heterocycles. The minimum absolute atomic E-state index is 0. The molecule has 4 rings (SSSR count). The molecule has 220 valence electrons. The van der Waals surface area contributed by atoms with E-state index in [1.165, 1.54) is 5.56 Å². The molecule has 0 amide bonds. The minimum Gasteiger partial charge on any atom is -0.507 e. The van der Waals surface area contributed by atoms with Crippen LogP contribution < -0.4 is 4.90 Å². The van der Waals surface area contributed by atoms with E-state index in [1.807, 2.05) is 12.1 Å². The number of rotatable bonds is 8. The average molecular weight is 730 g/mol. The quantitative estimate of drug-likeness (QED) is 0.140. The van der Waals surface area contributed by atoms with Crippen LogP contribution in [0.5, 0.6) is 11.5 Å². The third-order valence-electron chi connectivity index (χ3n) is 7.75. The van der Waals surface area contributed by atoms with E-state index in [1.54, 1.807) is 7.11 Å². The number of para-hydroxylation sites is 1. The van der Waals surface area contributed by atoms with Gasteiger partial charge in [-0.2, -0.15) is 0 Å². The van der Waals surface area contributed by atoms with Gasteiger partial charge in [-0.25, -0.2) is 0 Å². The fraction of sp³-hybridized carbons (Fsp3) is 0.351. The smallest absolute Gasteiger partial charge is 0.142 e. The SMILES string of the molecule is COCCCN(c1ccccc1-c1cc(C)cc(-c2c(C)cc(C)cc2C)c1O)c1cc(C)cc(C(C)(C)C)c1O.[Hf]. The molecule has 4 nitrogen and oxygen atoms in total. The molecule has 0 aliphatic rings. The summed E-state index contributed by atoms with van der Waals surface area (Å²) in [6.07, 6.45) is 0.774. The zero-order valence-electron chi connectivity index (χ0n) is 26.6. The maximum Gasteiger partial charge on any atom is 0.142 e. The van der Waals surface area contributed by atoms with Crippen molar-refractivity contribution in [3.63, 3.8) is 0 Å². The molecular formula is C37H45HfNO3. The summed E-state index contributed by atoms with van der Waals surface area (Å²) in [4.78, 5) is 2.18. The largest absolute Gasteiger partial charge is 0.507 e. The first-order valence-electron chi connectivity index (χ1n) is 14.4. The molecule has 4 aromatic carbocycles. The zero-order valence-corrected chi connectivity index (χ0v) is 30.2. The monoisotopic (exact) mass is 731 g/mol. The van der Waals surface area contributed by atoms with Gasteiger partial charge in [-0.15, -0.1) is 0 Å². The van der Waals surface area contributed by atoms with Crippen molar-refractivity contribution >= 4 is 11.4 Å². The number of aromatic hydroxyl groups is 2. The summed E-state index contributed by atoms with van der Waals surface area (Å²) in [5.41, 5.74) is 11.6. The molecule has 0 aliphatic carbocycles. The first kappa shape index (κ1) is 33.6. The Morgan fingerprint density at radius 2 is 1.26 bits per heavy atom. The predicted octanol–water partition coefficient (Wildman–Crippen LogP) is 9.44. The molecule has 5 heteroatoms. The number of benzene rings is 4. The summed E-state index contributed by atoms with van der Waals surface area (Å²) in [5, 5.41) is 23.5. The third kappa shape index (κ3) is 7.01.